The van der Waals surface area contributed by atoms with Gasteiger partial charge in [-0.1, -0.05) is 24.3 Å². The van der Waals surface area contributed by atoms with E-state index in [0.717, 1.165) is 0 Å². The van der Waals surface area contributed by atoms with Crippen LogP contribution in [-0.4, -0.2) is 21.0 Å². The fourth-order valence-corrected chi connectivity index (χ4v) is 2.20. The molecule has 2 aromatic heterocycles. The first-order valence-electron chi connectivity index (χ1n) is 7.15. The molecule has 0 atom stereocenters. The SMILES string of the molecule is O=C(Nc1ccccc1CO)c1ccnc(-c2ccccn2)c1. The minimum absolute atomic E-state index is 0.133. The van der Waals surface area contributed by atoms with Gasteiger partial charge in [-0.25, -0.2) is 0 Å². The number of nitrogens with one attached hydrogen (secondary N) is 1. The number of hydrogen-bond acceptors (Lipinski definition) is 4. The largest absolute Gasteiger partial charge is 0.392 e. The van der Waals surface area contributed by atoms with E-state index in [0.29, 0.717) is 28.2 Å². The van der Waals surface area contributed by atoms with Crippen LogP contribution in [0.1, 0.15) is 15.9 Å². The van der Waals surface area contributed by atoms with E-state index < -0.39 is 0 Å². The average molecular weight is 305 g/mol. The lowest BCUT2D eigenvalue weighted by molar-refractivity contribution is 0.102. The molecule has 0 radical (unpaired) electrons. The highest BCUT2D eigenvalue weighted by molar-refractivity contribution is 6.05. The molecule has 0 saturated carbocycles. The molecule has 0 fully saturated rings. The van der Waals surface area contributed by atoms with E-state index in [2.05, 4.69) is 15.3 Å². The van der Waals surface area contributed by atoms with Gasteiger partial charge in [0.05, 0.1) is 18.0 Å². The van der Waals surface area contributed by atoms with E-state index in [-0.39, 0.29) is 12.5 Å². The topological polar surface area (TPSA) is 75.1 Å². The number of para-hydroxylation sites is 1. The van der Waals surface area contributed by atoms with Crippen LogP contribution in [-0.2, 0) is 6.61 Å². The molecule has 1 aromatic carbocycles. The molecule has 0 saturated heterocycles. The van der Waals surface area contributed by atoms with Gasteiger partial charge < -0.3 is 10.4 Å². The van der Waals surface area contributed by atoms with Crippen molar-refractivity contribution < 1.29 is 9.90 Å². The number of rotatable bonds is 4. The van der Waals surface area contributed by atoms with E-state index in [4.69, 9.17) is 0 Å². The second-order valence-corrected chi connectivity index (χ2v) is 4.91. The van der Waals surface area contributed by atoms with Crippen molar-refractivity contribution in [3.8, 4) is 11.4 Å². The molecule has 23 heavy (non-hydrogen) atoms. The van der Waals surface area contributed by atoms with Crippen molar-refractivity contribution >= 4 is 11.6 Å². The fourth-order valence-electron chi connectivity index (χ4n) is 2.20. The highest BCUT2D eigenvalue weighted by atomic mass is 16.3. The molecular formula is C18H15N3O2. The van der Waals surface area contributed by atoms with Gasteiger partial charge in [-0.3, -0.25) is 14.8 Å². The number of carbonyl (C=O) groups excluding carboxylic acids is 1. The summed E-state index contributed by atoms with van der Waals surface area (Å²) < 4.78 is 0. The predicted molar refractivity (Wildman–Crippen MR) is 87.8 cm³/mol. The lowest BCUT2D eigenvalue weighted by atomic mass is 10.1. The number of anilines is 1. The summed E-state index contributed by atoms with van der Waals surface area (Å²) in [6.07, 6.45) is 3.26. The molecule has 0 aliphatic heterocycles. The average Bonchev–Trinajstić information content (AvgIpc) is 2.63. The van der Waals surface area contributed by atoms with E-state index in [1.54, 1.807) is 42.7 Å². The van der Waals surface area contributed by atoms with E-state index >= 15 is 0 Å². The number of aliphatic hydroxyl groups is 1. The summed E-state index contributed by atoms with van der Waals surface area (Å²) in [5.41, 5.74) is 3.08. The van der Waals surface area contributed by atoms with Crippen LogP contribution in [0.25, 0.3) is 11.4 Å². The standard InChI is InChI=1S/C18H15N3O2/c22-12-14-5-1-2-6-15(14)21-18(23)13-8-10-20-17(11-13)16-7-3-4-9-19-16/h1-11,22H,12H2,(H,21,23). The summed E-state index contributed by atoms with van der Waals surface area (Å²) in [6, 6.07) is 16.0. The van der Waals surface area contributed by atoms with Crippen LogP contribution in [0, 0.1) is 0 Å². The first-order valence-corrected chi connectivity index (χ1v) is 7.15. The van der Waals surface area contributed by atoms with Crippen LogP contribution in [0.15, 0.2) is 67.0 Å². The van der Waals surface area contributed by atoms with Crippen LogP contribution in [0.2, 0.25) is 0 Å². The monoisotopic (exact) mass is 305 g/mol. The summed E-state index contributed by atoms with van der Waals surface area (Å²) in [6.45, 7) is -0.133. The number of benzene rings is 1. The van der Waals surface area contributed by atoms with Crippen LogP contribution in [0.3, 0.4) is 0 Å². The Balaban J connectivity index is 1.86. The van der Waals surface area contributed by atoms with E-state index in [1.165, 1.54) is 0 Å². The summed E-state index contributed by atoms with van der Waals surface area (Å²) in [7, 11) is 0. The summed E-state index contributed by atoms with van der Waals surface area (Å²) in [4.78, 5) is 20.9. The molecule has 114 valence electrons. The zero-order valence-electron chi connectivity index (χ0n) is 12.3. The molecule has 2 heterocycles. The molecular weight excluding hydrogens is 290 g/mol. The number of hydrogen-bond donors (Lipinski definition) is 2. The van der Waals surface area contributed by atoms with Gasteiger partial charge in [-0.2, -0.15) is 0 Å². The highest BCUT2D eigenvalue weighted by Gasteiger charge is 2.10. The van der Waals surface area contributed by atoms with Crippen LogP contribution < -0.4 is 5.32 Å². The minimum atomic E-state index is -0.259. The number of amides is 1. The maximum atomic E-state index is 12.4. The number of aromatic nitrogens is 2. The molecule has 0 bridgehead atoms. The zero-order valence-corrected chi connectivity index (χ0v) is 12.3. The molecule has 5 nitrogen and oxygen atoms in total. The lowest BCUT2D eigenvalue weighted by Gasteiger charge is -2.09. The molecule has 1 amide bonds. The Kier molecular flexibility index (Phi) is 4.40. The van der Waals surface area contributed by atoms with Crippen molar-refractivity contribution in [2.24, 2.45) is 0 Å². The summed E-state index contributed by atoms with van der Waals surface area (Å²) >= 11 is 0. The number of aliphatic hydroxyl groups excluding tert-OH is 1. The van der Waals surface area contributed by atoms with E-state index in [9.17, 15) is 9.90 Å². The molecule has 3 rings (SSSR count). The third kappa shape index (κ3) is 3.41. The lowest BCUT2D eigenvalue weighted by Crippen LogP contribution is -2.13. The van der Waals surface area contributed by atoms with Gasteiger partial charge in [0, 0.05) is 29.2 Å². The maximum absolute atomic E-state index is 12.4. The van der Waals surface area contributed by atoms with Gasteiger partial charge in [0.2, 0.25) is 0 Å². The van der Waals surface area contributed by atoms with Crippen LogP contribution >= 0.6 is 0 Å². The molecule has 3 aromatic rings. The second-order valence-electron chi connectivity index (χ2n) is 4.91. The fraction of sp³-hybridized carbons (Fsp3) is 0.0556. The Labute approximate surface area is 133 Å². The number of pyridine rings is 2. The Morgan fingerprint density at radius 3 is 2.52 bits per heavy atom. The number of nitrogens with zero attached hydrogens (tertiary/aromatic N) is 2. The van der Waals surface area contributed by atoms with Crippen molar-refractivity contribution in [1.29, 1.82) is 0 Å². The van der Waals surface area contributed by atoms with Gasteiger partial charge in [0.25, 0.3) is 5.91 Å². The Morgan fingerprint density at radius 2 is 1.74 bits per heavy atom. The number of carbonyl (C=O) groups is 1. The van der Waals surface area contributed by atoms with Crippen molar-refractivity contribution in [1.82, 2.24) is 9.97 Å². The normalized spacial score (nSPS) is 10.3. The Bertz CT molecular complexity index is 819. The van der Waals surface area contributed by atoms with Crippen LogP contribution in [0.4, 0.5) is 5.69 Å². The summed E-state index contributed by atoms with van der Waals surface area (Å²) in [5.74, 6) is -0.259. The molecule has 0 aliphatic rings. The molecule has 2 N–H and O–H groups in total. The van der Waals surface area contributed by atoms with Crippen molar-refractivity contribution in [3.05, 3.63) is 78.1 Å². The molecule has 5 heteroatoms. The van der Waals surface area contributed by atoms with Crippen molar-refractivity contribution in [2.75, 3.05) is 5.32 Å². The van der Waals surface area contributed by atoms with Gasteiger partial charge in [-0.05, 0) is 30.3 Å². The Hall–Kier alpha value is -3.05. The Morgan fingerprint density at radius 1 is 0.957 bits per heavy atom. The molecule has 0 unspecified atom stereocenters. The predicted octanol–water partition coefficient (Wildman–Crippen LogP) is 2.89. The van der Waals surface area contributed by atoms with E-state index in [1.807, 2.05) is 24.3 Å². The van der Waals surface area contributed by atoms with Crippen molar-refractivity contribution in [3.63, 3.8) is 0 Å². The van der Waals surface area contributed by atoms with Gasteiger partial charge in [-0.15, -0.1) is 0 Å². The third-order valence-electron chi connectivity index (χ3n) is 3.39. The minimum Gasteiger partial charge on any atom is -0.392 e. The zero-order chi connectivity index (χ0) is 16.1. The first-order chi connectivity index (χ1) is 11.3. The molecule has 0 spiro atoms. The first kappa shape index (κ1) is 14.9. The van der Waals surface area contributed by atoms with Gasteiger partial charge in [0.1, 0.15) is 0 Å². The van der Waals surface area contributed by atoms with Crippen LogP contribution in [0.5, 0.6) is 0 Å². The smallest absolute Gasteiger partial charge is 0.255 e. The highest BCUT2D eigenvalue weighted by Crippen LogP contribution is 2.18. The molecule has 0 aliphatic carbocycles. The van der Waals surface area contributed by atoms with Crippen molar-refractivity contribution in [2.45, 2.75) is 6.61 Å². The van der Waals surface area contributed by atoms with Gasteiger partial charge in [0.15, 0.2) is 0 Å². The second kappa shape index (κ2) is 6.81. The quantitative estimate of drug-likeness (QED) is 0.777. The maximum Gasteiger partial charge on any atom is 0.255 e. The van der Waals surface area contributed by atoms with Gasteiger partial charge >= 0.3 is 0 Å². The summed E-state index contributed by atoms with van der Waals surface area (Å²) in [5, 5.41) is 12.1. The third-order valence-corrected chi connectivity index (χ3v) is 3.39.